The molecule has 3 nitrogen and oxygen atoms in total. The molecule has 0 aromatic heterocycles. The molecular weight excluding hydrogens is 281 g/mol. The molecule has 0 saturated carbocycles. The summed E-state index contributed by atoms with van der Waals surface area (Å²) in [5, 5.41) is 10.3. The van der Waals surface area contributed by atoms with Crippen molar-refractivity contribution in [2.24, 2.45) is 0 Å². The number of hydrogen-bond acceptors (Lipinski definition) is 3. The van der Waals surface area contributed by atoms with E-state index in [2.05, 4.69) is 0 Å². The van der Waals surface area contributed by atoms with Gasteiger partial charge in [-0.1, -0.05) is 29.8 Å². The number of rotatable bonds is 1. The monoisotopic (exact) mass is 292 g/mol. The molecule has 1 N–H and O–H groups in total. The number of fused-ring (bicyclic) bond motifs is 1. The van der Waals surface area contributed by atoms with Gasteiger partial charge in [-0.2, -0.15) is 0 Å². The van der Waals surface area contributed by atoms with Crippen LogP contribution in [0.15, 0.2) is 42.5 Å². The average molecular weight is 293 g/mol. The van der Waals surface area contributed by atoms with Crippen LogP contribution in [0.3, 0.4) is 0 Å². The van der Waals surface area contributed by atoms with E-state index in [1.165, 1.54) is 12.1 Å². The Kier molecular flexibility index (Phi) is 3.76. The molecule has 0 radical (unpaired) electrons. The summed E-state index contributed by atoms with van der Waals surface area (Å²) < 4.78 is 23.7. The normalized spacial score (nSPS) is 18.6. The van der Waals surface area contributed by atoms with Gasteiger partial charge in [0.15, 0.2) is 0 Å². The van der Waals surface area contributed by atoms with Gasteiger partial charge in [-0.25, -0.2) is 4.39 Å². The average Bonchev–Trinajstić information content (AvgIpc) is 2.59. The zero-order valence-electron chi connectivity index (χ0n) is 10.4. The predicted molar refractivity (Wildman–Crippen MR) is 73.5 cm³/mol. The maximum Gasteiger partial charge on any atom is 0.637 e. The highest BCUT2D eigenvalue weighted by atomic mass is 35.5. The minimum absolute atomic E-state index is 0.203. The molecule has 0 saturated heterocycles. The van der Waals surface area contributed by atoms with E-state index in [0.717, 1.165) is 16.7 Å². The van der Waals surface area contributed by atoms with E-state index >= 15 is 0 Å². The quantitative estimate of drug-likeness (QED) is 0.821. The Hall–Kier alpha value is -1.40. The summed E-state index contributed by atoms with van der Waals surface area (Å²) >= 11 is 5.97. The fraction of sp³-hybridized carbons (Fsp3) is 0.143. The van der Waals surface area contributed by atoms with Gasteiger partial charge in [0, 0.05) is 5.02 Å². The highest BCUT2D eigenvalue weighted by Gasteiger charge is 2.30. The summed E-state index contributed by atoms with van der Waals surface area (Å²) in [6, 6.07) is 11.3. The van der Waals surface area contributed by atoms with Crippen LogP contribution in [0.4, 0.5) is 4.39 Å². The zero-order valence-corrected chi connectivity index (χ0v) is 11.2. The number of benzene rings is 2. The summed E-state index contributed by atoms with van der Waals surface area (Å²) in [6.45, 7) is 0.203. The van der Waals surface area contributed by atoms with Gasteiger partial charge < -0.3 is 14.3 Å². The van der Waals surface area contributed by atoms with Crippen molar-refractivity contribution in [1.29, 1.82) is 0 Å². The van der Waals surface area contributed by atoms with Crippen molar-refractivity contribution in [1.82, 2.24) is 0 Å². The van der Waals surface area contributed by atoms with E-state index < -0.39 is 13.4 Å². The van der Waals surface area contributed by atoms with Crippen LogP contribution in [0, 0.1) is 5.82 Å². The summed E-state index contributed by atoms with van der Waals surface area (Å²) in [7, 11) is -1.34. The van der Waals surface area contributed by atoms with Crippen molar-refractivity contribution < 1.29 is 18.7 Å². The SMILES string of the molecule is OB1OCc2cc(Cl)ccc2C(c2ccc(F)cc2)O1. The van der Waals surface area contributed by atoms with Crippen molar-refractivity contribution >= 4 is 18.9 Å². The van der Waals surface area contributed by atoms with E-state index in [4.69, 9.17) is 20.9 Å². The van der Waals surface area contributed by atoms with Crippen molar-refractivity contribution in [2.45, 2.75) is 12.7 Å². The predicted octanol–water partition coefficient (Wildman–Crippen LogP) is 3.09. The Morgan fingerprint density at radius 3 is 2.70 bits per heavy atom. The fourth-order valence-corrected chi connectivity index (χ4v) is 2.44. The van der Waals surface area contributed by atoms with Crippen molar-refractivity contribution in [2.75, 3.05) is 0 Å². The Morgan fingerprint density at radius 1 is 1.20 bits per heavy atom. The maximum absolute atomic E-state index is 13.0. The minimum Gasteiger partial charge on any atom is -0.402 e. The van der Waals surface area contributed by atoms with Crippen LogP contribution >= 0.6 is 11.6 Å². The largest absolute Gasteiger partial charge is 0.637 e. The number of halogens is 2. The highest BCUT2D eigenvalue weighted by Crippen LogP contribution is 2.33. The Labute approximate surface area is 121 Å². The molecule has 0 amide bonds. The fourth-order valence-electron chi connectivity index (χ4n) is 2.24. The van der Waals surface area contributed by atoms with Crippen LogP contribution in [0.1, 0.15) is 22.8 Å². The molecule has 1 unspecified atom stereocenters. The molecule has 1 aliphatic rings. The molecule has 1 heterocycles. The van der Waals surface area contributed by atoms with Gasteiger partial charge >= 0.3 is 7.32 Å². The van der Waals surface area contributed by atoms with Crippen LogP contribution in [0.5, 0.6) is 0 Å². The Bertz CT molecular complexity index is 620. The molecule has 0 bridgehead atoms. The lowest BCUT2D eigenvalue weighted by atomic mass is 9.96. The molecule has 0 fully saturated rings. The molecule has 20 heavy (non-hydrogen) atoms. The summed E-state index contributed by atoms with van der Waals surface area (Å²) in [6.07, 6.45) is -0.527. The standard InChI is InChI=1S/C14H11BClFO3/c16-11-3-6-13-10(7-11)8-19-15(18)20-14(13)9-1-4-12(17)5-2-9/h1-7,14,18H,8H2. The topological polar surface area (TPSA) is 38.7 Å². The molecule has 6 heteroatoms. The first-order valence-electron chi connectivity index (χ1n) is 6.12. The first kappa shape index (κ1) is 13.6. The molecule has 2 aromatic carbocycles. The maximum atomic E-state index is 13.0. The van der Waals surface area contributed by atoms with E-state index in [-0.39, 0.29) is 12.4 Å². The molecule has 2 aromatic rings. The second kappa shape index (κ2) is 5.54. The second-order valence-electron chi connectivity index (χ2n) is 4.53. The lowest BCUT2D eigenvalue weighted by Gasteiger charge is -2.18. The molecule has 102 valence electrons. The molecule has 1 atom stereocenters. The van der Waals surface area contributed by atoms with E-state index in [0.29, 0.717) is 5.02 Å². The molecule has 1 aliphatic heterocycles. The van der Waals surface area contributed by atoms with Gasteiger partial charge in [0.25, 0.3) is 0 Å². The van der Waals surface area contributed by atoms with Crippen LogP contribution in [0.25, 0.3) is 0 Å². The minimum atomic E-state index is -1.34. The van der Waals surface area contributed by atoms with Crippen LogP contribution in [-0.4, -0.2) is 12.3 Å². The van der Waals surface area contributed by atoms with E-state index in [1.54, 1.807) is 24.3 Å². The third-order valence-corrected chi connectivity index (χ3v) is 3.43. The summed E-state index contributed by atoms with van der Waals surface area (Å²) in [4.78, 5) is 0. The lowest BCUT2D eigenvalue weighted by Crippen LogP contribution is -2.22. The van der Waals surface area contributed by atoms with Crippen molar-refractivity contribution in [3.05, 3.63) is 70.0 Å². The lowest BCUT2D eigenvalue weighted by molar-refractivity contribution is 0.111. The van der Waals surface area contributed by atoms with Gasteiger partial charge in [0.2, 0.25) is 0 Å². The van der Waals surface area contributed by atoms with Crippen molar-refractivity contribution in [3.8, 4) is 0 Å². The van der Waals surface area contributed by atoms with Gasteiger partial charge in [0.1, 0.15) is 5.82 Å². The summed E-state index contributed by atoms with van der Waals surface area (Å²) in [5.41, 5.74) is 2.42. The van der Waals surface area contributed by atoms with Gasteiger partial charge in [-0.15, -0.1) is 0 Å². The zero-order chi connectivity index (χ0) is 14.1. The number of hydrogen-bond donors (Lipinski definition) is 1. The molecule has 3 rings (SSSR count). The molecular formula is C14H11BClFO3. The Balaban J connectivity index is 2.06. The van der Waals surface area contributed by atoms with Crippen LogP contribution in [0.2, 0.25) is 5.02 Å². The van der Waals surface area contributed by atoms with Gasteiger partial charge in [-0.05, 0) is 41.0 Å². The smallest absolute Gasteiger partial charge is 0.402 e. The highest BCUT2D eigenvalue weighted by molar-refractivity contribution is 6.34. The second-order valence-corrected chi connectivity index (χ2v) is 4.97. The first-order valence-corrected chi connectivity index (χ1v) is 6.50. The van der Waals surface area contributed by atoms with Gasteiger partial charge in [0.05, 0.1) is 12.7 Å². The van der Waals surface area contributed by atoms with E-state index in [1.807, 2.05) is 6.07 Å². The van der Waals surface area contributed by atoms with Crippen LogP contribution < -0.4 is 0 Å². The third kappa shape index (κ3) is 2.71. The van der Waals surface area contributed by atoms with Crippen molar-refractivity contribution in [3.63, 3.8) is 0 Å². The third-order valence-electron chi connectivity index (χ3n) is 3.19. The van der Waals surface area contributed by atoms with E-state index in [9.17, 15) is 9.41 Å². The molecule has 0 aliphatic carbocycles. The first-order chi connectivity index (χ1) is 9.63. The Morgan fingerprint density at radius 2 is 1.95 bits per heavy atom. The van der Waals surface area contributed by atoms with Gasteiger partial charge in [-0.3, -0.25) is 0 Å². The summed E-state index contributed by atoms with van der Waals surface area (Å²) in [5.74, 6) is -0.324. The molecule has 0 spiro atoms. The van der Waals surface area contributed by atoms with Crippen LogP contribution in [-0.2, 0) is 15.9 Å².